The standard InChI is InChI=1S/C22H29N3O6S.C20H25N3O5S.C4H8O/c1-15-13-17(25-20(27)23-19(26)21(25,3)4)14-16(2)18(15)5-12-32(28,29)24-8-6-22(7-9-24)30-10-11-31-22;1-13-11-15(23-19(26)21-18(25)20(23,3)4)12-14(2)17(13)7-10-29(27,28)22-8-5-16(24)6-9-22;1-2-4-5-3-1/h5,12-14H,6-11H2,1-4H3,(H,23,26,27);7,10-12H,5-6,8-9H2,1-4H3,(H,21,25,26);1-4H2/b12-5+;10-7+;. The minimum Gasteiger partial charge on any atom is -0.381 e. The Morgan fingerprint density at radius 2 is 0.924 bits per heavy atom. The SMILES string of the molecule is C1CCOC1.Cc1cc(N2C(=O)NC(=O)C2(C)C)cc(C)c1/C=C/S(=O)(=O)N1CCC(=O)CC1.Cc1cc(N2C(=O)NC(=O)C2(C)C)cc(C)c1/C=C/S(=O)(=O)N1CCC2(CC1)OCCO2. The van der Waals surface area contributed by atoms with Gasteiger partial charge in [-0.15, -0.1) is 0 Å². The topological polar surface area (TPSA) is 218 Å². The molecule has 2 aromatic rings. The van der Waals surface area contributed by atoms with Crippen molar-refractivity contribution in [2.45, 2.75) is 111 Å². The summed E-state index contributed by atoms with van der Waals surface area (Å²) in [6.07, 6.45) is 7.20. The van der Waals surface area contributed by atoms with Gasteiger partial charge >= 0.3 is 12.1 Å². The summed E-state index contributed by atoms with van der Waals surface area (Å²) in [7, 11) is -7.22. The van der Waals surface area contributed by atoms with Gasteiger partial charge in [0.25, 0.3) is 11.8 Å². The fourth-order valence-corrected chi connectivity index (χ4v) is 11.1. The molecule has 66 heavy (non-hydrogen) atoms. The first-order valence-electron chi connectivity index (χ1n) is 22.2. The summed E-state index contributed by atoms with van der Waals surface area (Å²) < 4.78 is 69.9. The molecule has 6 fully saturated rings. The van der Waals surface area contributed by atoms with Crippen LogP contribution in [0.25, 0.3) is 12.2 Å². The molecule has 0 radical (unpaired) electrons. The summed E-state index contributed by atoms with van der Waals surface area (Å²) in [5, 5.41) is 7.05. The molecule has 0 unspecified atom stereocenters. The molecule has 18 nitrogen and oxygen atoms in total. The van der Waals surface area contributed by atoms with Crippen LogP contribution in [0.5, 0.6) is 0 Å². The maximum atomic E-state index is 12.9. The predicted molar refractivity (Wildman–Crippen MR) is 249 cm³/mol. The zero-order valence-electron chi connectivity index (χ0n) is 39.0. The normalized spacial score (nSPS) is 22.2. The number of imide groups is 2. The average Bonchev–Trinajstić information content (AvgIpc) is 4.03. The van der Waals surface area contributed by atoms with Gasteiger partial charge in [-0.1, -0.05) is 0 Å². The predicted octanol–water partition coefficient (Wildman–Crippen LogP) is 5.18. The Bertz CT molecular complexity index is 2470. The van der Waals surface area contributed by atoms with Gasteiger partial charge in [0.1, 0.15) is 16.9 Å². The number of anilines is 2. The van der Waals surface area contributed by atoms with Gasteiger partial charge in [-0.3, -0.25) is 34.8 Å². The third kappa shape index (κ3) is 11.0. The highest BCUT2D eigenvalue weighted by molar-refractivity contribution is 7.92. The summed E-state index contributed by atoms with van der Waals surface area (Å²) in [4.78, 5) is 62.9. The van der Waals surface area contributed by atoms with Crippen molar-refractivity contribution in [1.82, 2.24) is 19.2 Å². The van der Waals surface area contributed by atoms with E-state index in [2.05, 4.69) is 10.6 Å². The van der Waals surface area contributed by atoms with Gasteiger partial charge in [0, 0.05) is 87.3 Å². The Morgan fingerprint density at radius 1 is 0.561 bits per heavy atom. The minimum atomic E-state index is -3.62. The van der Waals surface area contributed by atoms with Crippen molar-refractivity contribution in [3.63, 3.8) is 0 Å². The number of carbonyl (C=O) groups excluding carboxylic acids is 5. The fourth-order valence-electron chi connectivity index (χ4n) is 8.74. The molecule has 360 valence electrons. The van der Waals surface area contributed by atoms with E-state index in [1.807, 2.05) is 27.7 Å². The van der Waals surface area contributed by atoms with Crippen LogP contribution in [-0.2, 0) is 48.6 Å². The van der Waals surface area contributed by atoms with Gasteiger partial charge in [0.2, 0.25) is 20.0 Å². The lowest BCUT2D eigenvalue weighted by Gasteiger charge is -2.36. The van der Waals surface area contributed by atoms with Gasteiger partial charge in [-0.25, -0.2) is 26.4 Å². The quantitative estimate of drug-likeness (QED) is 0.328. The van der Waals surface area contributed by atoms with Crippen molar-refractivity contribution in [2.75, 3.05) is 62.4 Å². The highest BCUT2D eigenvalue weighted by Crippen LogP contribution is 2.35. The van der Waals surface area contributed by atoms with Crippen LogP contribution in [0.1, 0.15) is 99.6 Å². The number of ether oxygens (including phenoxy) is 3. The molecule has 6 amide bonds. The number of rotatable bonds is 8. The number of sulfonamides is 2. The smallest absolute Gasteiger partial charge is 0.329 e. The van der Waals surface area contributed by atoms with E-state index in [1.54, 1.807) is 64.1 Å². The number of ketones is 1. The molecule has 1 spiro atoms. The monoisotopic (exact) mass is 954 g/mol. The molecule has 8 rings (SSSR count). The van der Waals surface area contributed by atoms with Gasteiger partial charge < -0.3 is 14.2 Å². The molecular weight excluding hydrogens is 893 g/mol. The lowest BCUT2D eigenvalue weighted by Crippen LogP contribution is -2.46. The number of carbonyl (C=O) groups is 5. The second kappa shape index (κ2) is 19.8. The van der Waals surface area contributed by atoms with Gasteiger partial charge in [-0.05, 0) is 138 Å². The molecule has 6 saturated heterocycles. The molecule has 0 saturated carbocycles. The first-order valence-corrected chi connectivity index (χ1v) is 25.2. The number of hydrogen-bond acceptors (Lipinski definition) is 12. The summed E-state index contributed by atoms with van der Waals surface area (Å²) in [6.45, 7) is 18.2. The number of hydrogen-bond donors (Lipinski definition) is 2. The van der Waals surface area contributed by atoms with Crippen LogP contribution in [-0.4, -0.2) is 125 Å². The lowest BCUT2D eigenvalue weighted by atomic mass is 9.98. The fraction of sp³-hybridized carbons (Fsp3) is 0.543. The van der Waals surface area contributed by atoms with Crippen molar-refractivity contribution in [1.29, 1.82) is 0 Å². The second-order valence-corrected chi connectivity index (χ2v) is 21.9. The van der Waals surface area contributed by atoms with Crippen molar-refractivity contribution in [3.05, 3.63) is 68.5 Å². The number of nitrogens with zero attached hydrogens (tertiary/aromatic N) is 4. The maximum Gasteiger partial charge on any atom is 0.329 e. The summed E-state index contributed by atoms with van der Waals surface area (Å²) in [6, 6.07) is 6.15. The van der Waals surface area contributed by atoms with Crippen molar-refractivity contribution >= 4 is 73.2 Å². The Morgan fingerprint density at radius 3 is 1.24 bits per heavy atom. The van der Waals surface area contributed by atoms with Gasteiger partial charge in [-0.2, -0.15) is 8.61 Å². The van der Waals surface area contributed by atoms with Crippen LogP contribution in [0.4, 0.5) is 21.0 Å². The van der Waals surface area contributed by atoms with E-state index in [4.69, 9.17) is 14.2 Å². The number of nitrogens with one attached hydrogen (secondary N) is 2. The van der Waals surface area contributed by atoms with Crippen molar-refractivity contribution < 1.29 is 55.0 Å². The third-order valence-electron chi connectivity index (χ3n) is 12.7. The summed E-state index contributed by atoms with van der Waals surface area (Å²) >= 11 is 0. The second-order valence-electron chi connectivity index (χ2n) is 18.3. The van der Waals surface area contributed by atoms with E-state index < -0.39 is 49.0 Å². The van der Waals surface area contributed by atoms with Crippen molar-refractivity contribution in [3.8, 4) is 0 Å². The molecule has 6 aliphatic rings. The summed E-state index contributed by atoms with van der Waals surface area (Å²) in [5.41, 5.74) is 3.81. The largest absolute Gasteiger partial charge is 0.381 e. The average molecular weight is 955 g/mol. The number of benzene rings is 2. The van der Waals surface area contributed by atoms with Crippen molar-refractivity contribution in [2.24, 2.45) is 0 Å². The van der Waals surface area contributed by atoms with E-state index >= 15 is 0 Å². The third-order valence-corrected chi connectivity index (χ3v) is 15.8. The zero-order valence-corrected chi connectivity index (χ0v) is 40.7. The zero-order chi connectivity index (χ0) is 48.4. The van der Waals surface area contributed by atoms with Crippen LogP contribution in [0, 0.1) is 27.7 Å². The minimum absolute atomic E-state index is 0.0788. The van der Waals surface area contributed by atoms with E-state index in [-0.39, 0.29) is 43.5 Å². The van der Waals surface area contributed by atoms with E-state index in [1.165, 1.54) is 36.7 Å². The highest BCUT2D eigenvalue weighted by Gasteiger charge is 2.48. The molecule has 0 aromatic heterocycles. The number of urea groups is 2. The number of Topliss-reactive ketones (excluding diaryl/α,β-unsaturated/α-hetero) is 1. The molecule has 0 bridgehead atoms. The molecule has 20 heteroatoms. The van der Waals surface area contributed by atoms with Crippen LogP contribution in [0.2, 0.25) is 0 Å². The molecule has 6 heterocycles. The van der Waals surface area contributed by atoms with Crippen LogP contribution < -0.4 is 20.4 Å². The van der Waals surface area contributed by atoms with Crippen LogP contribution in [0.3, 0.4) is 0 Å². The molecule has 6 aliphatic heterocycles. The van der Waals surface area contributed by atoms with Gasteiger partial charge in [0.15, 0.2) is 5.79 Å². The number of piperidine rings is 2. The molecule has 0 atom stereocenters. The first kappa shape index (κ1) is 50.6. The lowest BCUT2D eigenvalue weighted by molar-refractivity contribution is -0.179. The Labute approximate surface area is 387 Å². The highest BCUT2D eigenvalue weighted by atomic mass is 32.2. The Hall–Kier alpha value is -4.83. The van der Waals surface area contributed by atoms with E-state index in [9.17, 15) is 40.8 Å². The Kier molecular flexibility index (Phi) is 15.2. The summed E-state index contributed by atoms with van der Waals surface area (Å²) in [5.74, 6) is -1.28. The van der Waals surface area contributed by atoms with E-state index in [0.29, 0.717) is 50.5 Å². The number of aryl methyl sites for hydroxylation is 4. The maximum absolute atomic E-state index is 12.9. The molecule has 0 aliphatic carbocycles. The molecule has 2 aromatic carbocycles. The molecular formula is C46H62N6O12S2. The van der Waals surface area contributed by atoms with Crippen LogP contribution >= 0.6 is 0 Å². The van der Waals surface area contributed by atoms with Gasteiger partial charge in [0.05, 0.1) is 13.2 Å². The Balaban J connectivity index is 0.000000198. The number of amides is 6. The first-order chi connectivity index (χ1) is 30.9. The molecule has 2 N–H and O–H groups in total. The van der Waals surface area contributed by atoms with Crippen LogP contribution in [0.15, 0.2) is 35.1 Å². The van der Waals surface area contributed by atoms with E-state index in [0.717, 1.165) is 52.0 Å².